The van der Waals surface area contributed by atoms with Crippen LogP contribution in [0.3, 0.4) is 0 Å². The molecule has 110 valence electrons. The van der Waals surface area contributed by atoms with E-state index in [0.29, 0.717) is 11.4 Å². The molecule has 1 fully saturated rings. The van der Waals surface area contributed by atoms with Gasteiger partial charge in [0.05, 0.1) is 4.90 Å². The van der Waals surface area contributed by atoms with Gasteiger partial charge in [-0.2, -0.15) is 4.31 Å². The summed E-state index contributed by atoms with van der Waals surface area (Å²) in [5.41, 5.74) is 1.86. The van der Waals surface area contributed by atoms with Crippen LogP contribution in [0.1, 0.15) is 37.8 Å². The Bertz CT molecular complexity index is 623. The molecule has 20 heavy (non-hydrogen) atoms. The van der Waals surface area contributed by atoms with Crippen LogP contribution >= 0.6 is 0 Å². The highest BCUT2D eigenvalue weighted by molar-refractivity contribution is 7.89. The molecule has 1 aromatic rings. The number of benzene rings is 1. The topological polar surface area (TPSA) is 49.4 Å². The van der Waals surface area contributed by atoms with Gasteiger partial charge in [-0.1, -0.05) is 12.1 Å². The van der Waals surface area contributed by atoms with Crippen molar-refractivity contribution in [1.29, 1.82) is 0 Å². The lowest BCUT2D eigenvalue weighted by atomic mass is 10.0. The molecule has 2 aliphatic rings. The van der Waals surface area contributed by atoms with E-state index in [1.165, 1.54) is 0 Å². The van der Waals surface area contributed by atoms with E-state index in [-0.39, 0.29) is 5.54 Å². The third kappa shape index (κ3) is 2.18. The van der Waals surface area contributed by atoms with Crippen LogP contribution in [0.5, 0.6) is 0 Å². The minimum Gasteiger partial charge on any atom is -0.312 e. The molecule has 3 rings (SSSR count). The summed E-state index contributed by atoms with van der Waals surface area (Å²) >= 11 is 0. The first-order chi connectivity index (χ1) is 9.43. The lowest BCUT2D eigenvalue weighted by Gasteiger charge is -2.32. The third-order valence-corrected chi connectivity index (χ3v) is 6.69. The van der Waals surface area contributed by atoms with E-state index in [1.807, 2.05) is 26.0 Å². The average molecular weight is 294 g/mol. The Kier molecular flexibility index (Phi) is 3.39. The Labute approximate surface area is 121 Å². The molecule has 2 aliphatic heterocycles. The van der Waals surface area contributed by atoms with Gasteiger partial charge in [-0.15, -0.1) is 0 Å². The van der Waals surface area contributed by atoms with Crippen molar-refractivity contribution >= 4 is 10.0 Å². The quantitative estimate of drug-likeness (QED) is 0.906. The van der Waals surface area contributed by atoms with Gasteiger partial charge in [-0.3, -0.25) is 0 Å². The van der Waals surface area contributed by atoms with Crippen LogP contribution in [0.25, 0.3) is 0 Å². The summed E-state index contributed by atoms with van der Waals surface area (Å²) in [5.74, 6) is 0. The predicted molar refractivity (Wildman–Crippen MR) is 79.1 cm³/mol. The average Bonchev–Trinajstić information content (AvgIpc) is 2.78. The molecular weight excluding hydrogens is 272 g/mol. The second-order valence-corrected chi connectivity index (χ2v) is 8.14. The van der Waals surface area contributed by atoms with Crippen molar-refractivity contribution < 1.29 is 8.42 Å². The molecule has 0 saturated carbocycles. The number of nitrogens with one attached hydrogen (secondary N) is 1. The minimum atomic E-state index is -3.38. The van der Waals surface area contributed by atoms with Crippen LogP contribution < -0.4 is 5.32 Å². The summed E-state index contributed by atoms with van der Waals surface area (Å²) in [7, 11) is -3.38. The van der Waals surface area contributed by atoms with Gasteiger partial charge >= 0.3 is 0 Å². The van der Waals surface area contributed by atoms with Crippen molar-refractivity contribution in [2.45, 2.75) is 50.1 Å². The standard InChI is InChI=1S/C15H22N2O2S/c1-15(2)8-4-10-17(15)20(18,19)14-6-3-5-12-11-16-9-7-13(12)14/h3,5-6,16H,4,7-11H2,1-2H3. The number of hydrogen-bond acceptors (Lipinski definition) is 3. The van der Waals surface area contributed by atoms with E-state index in [0.717, 1.165) is 43.5 Å². The van der Waals surface area contributed by atoms with Crippen molar-refractivity contribution in [3.63, 3.8) is 0 Å². The van der Waals surface area contributed by atoms with Crippen LogP contribution in [-0.4, -0.2) is 31.4 Å². The third-order valence-electron chi connectivity index (χ3n) is 4.49. The summed E-state index contributed by atoms with van der Waals surface area (Å²) in [4.78, 5) is 0.520. The highest BCUT2D eigenvalue weighted by atomic mass is 32.2. The largest absolute Gasteiger partial charge is 0.312 e. The molecule has 1 saturated heterocycles. The Morgan fingerprint density at radius 3 is 2.80 bits per heavy atom. The Hall–Kier alpha value is -0.910. The molecule has 0 radical (unpaired) electrons. The Morgan fingerprint density at radius 1 is 1.30 bits per heavy atom. The number of fused-ring (bicyclic) bond motifs is 1. The van der Waals surface area contributed by atoms with Gasteiger partial charge in [0, 0.05) is 18.6 Å². The molecule has 0 spiro atoms. The lowest BCUT2D eigenvalue weighted by Crippen LogP contribution is -2.43. The maximum Gasteiger partial charge on any atom is 0.243 e. The van der Waals surface area contributed by atoms with E-state index in [2.05, 4.69) is 5.32 Å². The van der Waals surface area contributed by atoms with E-state index < -0.39 is 10.0 Å². The monoisotopic (exact) mass is 294 g/mol. The first-order valence-electron chi connectivity index (χ1n) is 7.27. The van der Waals surface area contributed by atoms with Gasteiger partial charge in [-0.05, 0) is 56.8 Å². The van der Waals surface area contributed by atoms with Crippen molar-refractivity contribution in [3.05, 3.63) is 29.3 Å². The van der Waals surface area contributed by atoms with Crippen molar-refractivity contribution in [2.75, 3.05) is 13.1 Å². The van der Waals surface area contributed by atoms with Crippen LogP contribution in [0.2, 0.25) is 0 Å². The summed E-state index contributed by atoms with van der Waals surface area (Å²) in [6.45, 7) is 6.30. The first-order valence-corrected chi connectivity index (χ1v) is 8.71. The zero-order valence-corrected chi connectivity index (χ0v) is 13.0. The number of sulfonamides is 1. The maximum atomic E-state index is 13.0. The summed E-state index contributed by atoms with van der Waals surface area (Å²) < 4.78 is 27.7. The fourth-order valence-corrected chi connectivity index (χ4v) is 5.53. The van der Waals surface area contributed by atoms with Crippen molar-refractivity contribution in [2.24, 2.45) is 0 Å². The van der Waals surface area contributed by atoms with E-state index in [1.54, 1.807) is 10.4 Å². The van der Waals surface area contributed by atoms with E-state index in [9.17, 15) is 8.42 Å². The molecule has 0 bridgehead atoms. The molecule has 2 heterocycles. The molecule has 4 nitrogen and oxygen atoms in total. The fourth-order valence-electron chi connectivity index (χ4n) is 3.39. The smallest absolute Gasteiger partial charge is 0.243 e. The van der Waals surface area contributed by atoms with Gasteiger partial charge in [0.1, 0.15) is 0 Å². The van der Waals surface area contributed by atoms with Gasteiger partial charge in [0.25, 0.3) is 0 Å². The second-order valence-electron chi connectivity index (χ2n) is 6.31. The highest BCUT2D eigenvalue weighted by Crippen LogP contribution is 2.35. The summed E-state index contributed by atoms with van der Waals surface area (Å²) in [6, 6.07) is 5.66. The van der Waals surface area contributed by atoms with Gasteiger partial charge in [-0.25, -0.2) is 8.42 Å². The molecule has 0 aromatic heterocycles. The normalized spacial score (nSPS) is 22.7. The maximum absolute atomic E-state index is 13.0. The zero-order valence-electron chi connectivity index (χ0n) is 12.1. The fraction of sp³-hybridized carbons (Fsp3) is 0.600. The molecule has 0 amide bonds. The van der Waals surface area contributed by atoms with E-state index in [4.69, 9.17) is 0 Å². The van der Waals surface area contributed by atoms with Crippen LogP contribution in [-0.2, 0) is 23.0 Å². The van der Waals surface area contributed by atoms with Crippen LogP contribution in [0, 0.1) is 0 Å². The summed E-state index contributed by atoms with van der Waals surface area (Å²) in [5, 5.41) is 3.30. The minimum absolute atomic E-state index is 0.269. The Balaban J connectivity index is 2.08. The zero-order chi connectivity index (χ0) is 14.4. The lowest BCUT2D eigenvalue weighted by molar-refractivity contribution is 0.291. The summed E-state index contributed by atoms with van der Waals surface area (Å²) in [6.07, 6.45) is 2.67. The van der Waals surface area contributed by atoms with Gasteiger partial charge in [0.15, 0.2) is 0 Å². The number of rotatable bonds is 2. The molecule has 5 heteroatoms. The van der Waals surface area contributed by atoms with Crippen LogP contribution in [0.15, 0.2) is 23.1 Å². The number of hydrogen-bond donors (Lipinski definition) is 1. The molecule has 1 N–H and O–H groups in total. The van der Waals surface area contributed by atoms with Crippen LogP contribution in [0.4, 0.5) is 0 Å². The van der Waals surface area contributed by atoms with Gasteiger partial charge < -0.3 is 5.32 Å². The first kappa shape index (κ1) is 14.0. The molecule has 1 aromatic carbocycles. The van der Waals surface area contributed by atoms with Crippen molar-refractivity contribution in [3.8, 4) is 0 Å². The van der Waals surface area contributed by atoms with Gasteiger partial charge in [0.2, 0.25) is 10.0 Å². The molecule has 0 aliphatic carbocycles. The predicted octanol–water partition coefficient (Wildman–Crippen LogP) is 1.90. The Morgan fingerprint density at radius 2 is 2.10 bits per heavy atom. The van der Waals surface area contributed by atoms with E-state index >= 15 is 0 Å². The second kappa shape index (κ2) is 4.83. The highest BCUT2D eigenvalue weighted by Gasteiger charge is 2.41. The molecular formula is C15H22N2O2S. The molecule has 0 unspecified atom stereocenters. The molecule has 0 atom stereocenters. The SMILES string of the molecule is CC1(C)CCCN1S(=O)(=O)c1cccc2c1CCNC2. The number of nitrogens with zero attached hydrogens (tertiary/aromatic N) is 1. The van der Waals surface area contributed by atoms with Crippen molar-refractivity contribution in [1.82, 2.24) is 9.62 Å².